The number of rotatable bonds is 11. The topological polar surface area (TPSA) is 106 Å². The van der Waals surface area contributed by atoms with Crippen molar-refractivity contribution in [3.63, 3.8) is 0 Å². The van der Waals surface area contributed by atoms with Gasteiger partial charge in [-0.1, -0.05) is 24.3 Å². The Morgan fingerprint density at radius 1 is 0.900 bits per heavy atom. The van der Waals surface area contributed by atoms with Gasteiger partial charge in [-0.3, -0.25) is 14.4 Å². The van der Waals surface area contributed by atoms with E-state index in [0.29, 0.717) is 28.4 Å². The number of carbonyl (C=O) groups excluding carboxylic acids is 3. The van der Waals surface area contributed by atoms with E-state index in [9.17, 15) is 14.4 Å². The van der Waals surface area contributed by atoms with E-state index in [1.54, 1.807) is 73.8 Å². The zero-order valence-corrected chi connectivity index (χ0v) is 23.4. The summed E-state index contributed by atoms with van der Waals surface area (Å²) in [6.45, 7) is 0. The van der Waals surface area contributed by atoms with E-state index < -0.39 is 5.91 Å². The van der Waals surface area contributed by atoms with Crippen LogP contribution in [0.15, 0.2) is 100 Å². The van der Waals surface area contributed by atoms with Gasteiger partial charge < -0.3 is 25.4 Å². The summed E-state index contributed by atoms with van der Waals surface area (Å²) in [7, 11) is 3.08. The monoisotopic (exact) mass is 573 g/mol. The molecular weight excluding hydrogens is 546 g/mol. The number of thioether (sulfide) groups is 1. The van der Waals surface area contributed by atoms with Gasteiger partial charge in [-0.05, 0) is 70.9 Å². The highest BCUT2D eigenvalue weighted by atomic mass is 32.2. The number of benzene rings is 3. The van der Waals surface area contributed by atoms with Gasteiger partial charge in [0.25, 0.3) is 11.8 Å². The Morgan fingerprint density at radius 2 is 1.73 bits per heavy atom. The predicted octanol–water partition coefficient (Wildman–Crippen LogP) is 5.91. The SMILES string of the molecule is COc1ccc(NC(=O)CSc2cccc(NC(=O)/C(=C/c3ccsc3)NC(=O)c3ccccc3)c2)c(OC)c1. The fourth-order valence-corrected chi connectivity index (χ4v) is 4.94. The van der Waals surface area contributed by atoms with Crippen molar-refractivity contribution in [1.82, 2.24) is 5.32 Å². The Morgan fingerprint density at radius 3 is 2.45 bits per heavy atom. The Hall–Kier alpha value is -4.54. The zero-order chi connectivity index (χ0) is 28.3. The maximum absolute atomic E-state index is 13.2. The lowest BCUT2D eigenvalue weighted by molar-refractivity contribution is -0.114. The third-order valence-corrected chi connectivity index (χ3v) is 7.22. The van der Waals surface area contributed by atoms with Crippen molar-refractivity contribution in [2.75, 3.05) is 30.6 Å². The zero-order valence-electron chi connectivity index (χ0n) is 21.8. The van der Waals surface area contributed by atoms with Crippen LogP contribution in [0.4, 0.5) is 11.4 Å². The molecule has 0 bridgehead atoms. The molecule has 0 fully saturated rings. The molecule has 10 heteroatoms. The Labute approximate surface area is 240 Å². The van der Waals surface area contributed by atoms with Crippen LogP contribution in [0.3, 0.4) is 0 Å². The lowest BCUT2D eigenvalue weighted by Crippen LogP contribution is -2.30. The average Bonchev–Trinajstić information content (AvgIpc) is 3.50. The molecule has 0 unspecified atom stereocenters. The number of hydrogen-bond donors (Lipinski definition) is 3. The molecule has 0 aliphatic rings. The van der Waals surface area contributed by atoms with E-state index in [1.807, 2.05) is 29.0 Å². The Balaban J connectivity index is 1.40. The first-order valence-corrected chi connectivity index (χ1v) is 14.0. The third kappa shape index (κ3) is 7.98. The molecule has 8 nitrogen and oxygen atoms in total. The van der Waals surface area contributed by atoms with Crippen molar-refractivity contribution in [3.05, 3.63) is 106 Å². The molecule has 4 rings (SSSR count). The second-order valence-electron chi connectivity index (χ2n) is 8.32. The van der Waals surface area contributed by atoms with Crippen LogP contribution < -0.4 is 25.4 Å². The van der Waals surface area contributed by atoms with E-state index in [1.165, 1.54) is 30.2 Å². The lowest BCUT2D eigenvalue weighted by atomic mass is 10.2. The van der Waals surface area contributed by atoms with Crippen molar-refractivity contribution in [3.8, 4) is 11.5 Å². The van der Waals surface area contributed by atoms with E-state index in [0.717, 1.165) is 10.5 Å². The molecule has 3 amide bonds. The van der Waals surface area contributed by atoms with E-state index in [2.05, 4.69) is 16.0 Å². The molecule has 40 heavy (non-hydrogen) atoms. The molecule has 0 radical (unpaired) electrons. The molecule has 0 aliphatic heterocycles. The molecule has 0 atom stereocenters. The van der Waals surface area contributed by atoms with Gasteiger partial charge in [0.15, 0.2) is 0 Å². The minimum absolute atomic E-state index is 0.109. The second kappa shape index (κ2) is 14.0. The molecule has 0 aliphatic carbocycles. The van der Waals surface area contributed by atoms with Crippen LogP contribution in [0.25, 0.3) is 6.08 Å². The first kappa shape index (κ1) is 28.5. The number of hydrogen-bond acceptors (Lipinski definition) is 7. The van der Waals surface area contributed by atoms with Crippen LogP contribution in [0.5, 0.6) is 11.5 Å². The molecule has 0 saturated heterocycles. The minimum Gasteiger partial charge on any atom is -0.497 e. The molecule has 3 N–H and O–H groups in total. The summed E-state index contributed by atoms with van der Waals surface area (Å²) in [5.41, 5.74) is 2.41. The summed E-state index contributed by atoms with van der Waals surface area (Å²) in [6, 6.07) is 22.8. The van der Waals surface area contributed by atoms with Gasteiger partial charge in [0.1, 0.15) is 17.2 Å². The van der Waals surface area contributed by atoms with Crippen LogP contribution in [0.1, 0.15) is 15.9 Å². The molecule has 4 aromatic rings. The van der Waals surface area contributed by atoms with Crippen LogP contribution in [-0.4, -0.2) is 37.7 Å². The van der Waals surface area contributed by atoms with Crippen molar-refractivity contribution in [1.29, 1.82) is 0 Å². The summed E-state index contributed by atoms with van der Waals surface area (Å²) in [4.78, 5) is 39.4. The quantitative estimate of drug-likeness (QED) is 0.152. The van der Waals surface area contributed by atoms with E-state index in [4.69, 9.17) is 9.47 Å². The molecular formula is C30H27N3O5S2. The van der Waals surface area contributed by atoms with Crippen molar-refractivity contribution in [2.24, 2.45) is 0 Å². The number of thiophene rings is 1. The lowest BCUT2D eigenvalue weighted by Gasteiger charge is -2.13. The smallest absolute Gasteiger partial charge is 0.272 e. The molecule has 0 spiro atoms. The van der Waals surface area contributed by atoms with Crippen LogP contribution in [-0.2, 0) is 9.59 Å². The highest BCUT2D eigenvalue weighted by molar-refractivity contribution is 8.00. The summed E-state index contributed by atoms with van der Waals surface area (Å²) < 4.78 is 10.5. The van der Waals surface area contributed by atoms with Crippen molar-refractivity contribution in [2.45, 2.75) is 4.90 Å². The average molecular weight is 574 g/mol. The van der Waals surface area contributed by atoms with Gasteiger partial charge in [-0.2, -0.15) is 11.3 Å². The normalized spacial score (nSPS) is 10.9. The van der Waals surface area contributed by atoms with Crippen LogP contribution >= 0.6 is 23.1 Å². The van der Waals surface area contributed by atoms with Crippen molar-refractivity contribution >= 4 is 58.3 Å². The van der Waals surface area contributed by atoms with E-state index >= 15 is 0 Å². The second-order valence-corrected chi connectivity index (χ2v) is 10.1. The van der Waals surface area contributed by atoms with E-state index in [-0.39, 0.29) is 23.3 Å². The summed E-state index contributed by atoms with van der Waals surface area (Å²) in [5.74, 6) is 0.183. The summed E-state index contributed by atoms with van der Waals surface area (Å²) in [5, 5.41) is 12.2. The number of ether oxygens (including phenoxy) is 2. The van der Waals surface area contributed by atoms with Gasteiger partial charge in [0.2, 0.25) is 5.91 Å². The highest BCUT2D eigenvalue weighted by Crippen LogP contribution is 2.29. The van der Waals surface area contributed by atoms with Gasteiger partial charge >= 0.3 is 0 Å². The fraction of sp³-hybridized carbons (Fsp3) is 0.100. The number of carbonyl (C=O) groups is 3. The van der Waals surface area contributed by atoms with Crippen LogP contribution in [0, 0.1) is 0 Å². The Bertz CT molecular complexity index is 1510. The number of nitrogens with one attached hydrogen (secondary N) is 3. The summed E-state index contributed by atoms with van der Waals surface area (Å²) >= 11 is 2.81. The van der Waals surface area contributed by atoms with Gasteiger partial charge in [-0.15, -0.1) is 11.8 Å². The fourth-order valence-electron chi connectivity index (χ4n) is 3.57. The molecule has 1 aromatic heterocycles. The molecule has 1 heterocycles. The standard InChI is InChI=1S/C30H27N3O5S2/c1-37-23-11-12-25(27(17-23)38-2)32-28(34)19-40-24-10-6-9-22(16-24)31-30(36)26(15-20-13-14-39-18-20)33-29(35)21-7-4-3-5-8-21/h3-18H,19H2,1-2H3,(H,31,36)(H,32,34)(H,33,35)/b26-15-. The summed E-state index contributed by atoms with van der Waals surface area (Å²) in [6.07, 6.45) is 1.63. The Kier molecular flexibility index (Phi) is 9.98. The van der Waals surface area contributed by atoms with Gasteiger partial charge in [0, 0.05) is 22.2 Å². The molecule has 3 aromatic carbocycles. The maximum atomic E-state index is 13.2. The van der Waals surface area contributed by atoms with Crippen LogP contribution in [0.2, 0.25) is 0 Å². The molecule has 204 valence electrons. The number of methoxy groups -OCH3 is 2. The number of amides is 3. The third-order valence-electron chi connectivity index (χ3n) is 5.53. The highest BCUT2D eigenvalue weighted by Gasteiger charge is 2.16. The predicted molar refractivity (Wildman–Crippen MR) is 160 cm³/mol. The minimum atomic E-state index is -0.470. The largest absolute Gasteiger partial charge is 0.497 e. The maximum Gasteiger partial charge on any atom is 0.272 e. The van der Waals surface area contributed by atoms with Crippen molar-refractivity contribution < 1.29 is 23.9 Å². The van der Waals surface area contributed by atoms with Gasteiger partial charge in [-0.25, -0.2) is 0 Å². The molecule has 0 saturated carbocycles. The first-order chi connectivity index (χ1) is 19.4. The van der Waals surface area contributed by atoms with Gasteiger partial charge in [0.05, 0.1) is 25.7 Å². The first-order valence-electron chi connectivity index (χ1n) is 12.1. The number of anilines is 2.